The van der Waals surface area contributed by atoms with E-state index in [1.54, 1.807) is 26.0 Å². The Hall–Kier alpha value is -2.53. The maximum Gasteiger partial charge on any atom is 0.252 e. The fraction of sp³-hybridized carbons (Fsp3) is 0.520. The number of amides is 1. The summed E-state index contributed by atoms with van der Waals surface area (Å²) in [6, 6.07) is 7.08. The molecule has 1 aliphatic heterocycles. The van der Waals surface area contributed by atoms with Crippen LogP contribution in [0.25, 0.3) is 0 Å². The first kappa shape index (κ1) is 27.1. The zero-order valence-electron chi connectivity index (χ0n) is 21.0. The average molecular weight is 505 g/mol. The zero-order chi connectivity index (χ0) is 25.8. The van der Waals surface area contributed by atoms with Gasteiger partial charge in [0.1, 0.15) is 11.7 Å². The molecule has 35 heavy (non-hydrogen) atoms. The monoisotopic (exact) mass is 504 g/mol. The number of fused-ring (bicyclic) bond motifs is 1. The molecule has 2 heterocycles. The van der Waals surface area contributed by atoms with E-state index in [1.807, 2.05) is 21.0 Å². The lowest BCUT2D eigenvalue weighted by molar-refractivity contribution is -0.0632. The number of sulfonamides is 1. The molecule has 2 atom stereocenters. The number of hydrogen-bond donors (Lipinski definition) is 3. The number of hydrogen-bond acceptors (Lipinski definition) is 7. The van der Waals surface area contributed by atoms with E-state index in [1.165, 1.54) is 24.4 Å². The molecule has 0 unspecified atom stereocenters. The molecule has 1 amide bonds. The highest BCUT2D eigenvalue weighted by molar-refractivity contribution is 7.89. The van der Waals surface area contributed by atoms with Crippen LogP contribution < -0.4 is 14.8 Å². The second-order valence-electron chi connectivity index (χ2n) is 9.63. The Kier molecular flexibility index (Phi) is 8.53. The zero-order valence-corrected chi connectivity index (χ0v) is 21.9. The van der Waals surface area contributed by atoms with Crippen LogP contribution in [0, 0.1) is 0 Å². The van der Waals surface area contributed by atoms with E-state index in [4.69, 9.17) is 4.74 Å². The van der Waals surface area contributed by atoms with Crippen LogP contribution in [-0.2, 0) is 16.4 Å². The van der Waals surface area contributed by atoms with Crippen LogP contribution in [0.15, 0.2) is 41.4 Å². The molecule has 3 rings (SSSR count). The van der Waals surface area contributed by atoms with Crippen molar-refractivity contribution in [3.05, 3.63) is 53.2 Å². The number of nitrogens with one attached hydrogen (secondary N) is 2. The number of aromatic nitrogens is 1. The van der Waals surface area contributed by atoms with Gasteiger partial charge in [-0.1, -0.05) is 19.1 Å². The number of aliphatic hydroxyl groups excluding tert-OH is 1. The average Bonchev–Trinajstić information content (AvgIpc) is 2.81. The van der Waals surface area contributed by atoms with Gasteiger partial charge in [0.25, 0.3) is 5.91 Å². The maximum absolute atomic E-state index is 13.2. The summed E-state index contributed by atoms with van der Waals surface area (Å²) >= 11 is 0. The van der Waals surface area contributed by atoms with Gasteiger partial charge in [0, 0.05) is 18.3 Å². The van der Waals surface area contributed by atoms with Crippen LogP contribution in [-0.4, -0.2) is 68.2 Å². The predicted molar refractivity (Wildman–Crippen MR) is 134 cm³/mol. The third-order valence-corrected chi connectivity index (χ3v) is 7.56. The van der Waals surface area contributed by atoms with Crippen molar-refractivity contribution in [3.8, 4) is 5.88 Å². The van der Waals surface area contributed by atoms with Crippen molar-refractivity contribution in [3.63, 3.8) is 0 Å². The first-order chi connectivity index (χ1) is 16.4. The molecule has 0 saturated heterocycles. The SMILES string of the molecule is CCc1ccc(S(=O)(=O)N[C@@H]2c3cc(C(=O)NCCCCN(C)C)cnc3OC(C)(C)[C@H]2O)cc1. The lowest BCUT2D eigenvalue weighted by Gasteiger charge is -2.41. The van der Waals surface area contributed by atoms with E-state index >= 15 is 0 Å². The van der Waals surface area contributed by atoms with Gasteiger partial charge in [-0.25, -0.2) is 18.1 Å². The van der Waals surface area contributed by atoms with Crippen LogP contribution in [0.1, 0.15) is 61.1 Å². The molecular formula is C25H36N4O5S. The molecule has 0 aliphatic carbocycles. The molecule has 0 saturated carbocycles. The number of carbonyl (C=O) groups excluding carboxylic acids is 1. The van der Waals surface area contributed by atoms with E-state index in [2.05, 4.69) is 19.9 Å². The summed E-state index contributed by atoms with van der Waals surface area (Å²) in [5, 5.41) is 13.9. The smallest absolute Gasteiger partial charge is 0.252 e. The van der Waals surface area contributed by atoms with Gasteiger partial charge in [0.05, 0.1) is 16.5 Å². The highest BCUT2D eigenvalue weighted by atomic mass is 32.2. The lowest BCUT2D eigenvalue weighted by Crippen LogP contribution is -2.53. The minimum Gasteiger partial charge on any atom is -0.469 e. The number of aryl methyl sites for hydroxylation is 1. The van der Waals surface area contributed by atoms with Gasteiger partial charge in [0.2, 0.25) is 15.9 Å². The van der Waals surface area contributed by atoms with E-state index in [0.717, 1.165) is 31.4 Å². The number of unbranched alkanes of at least 4 members (excludes halogenated alkanes) is 1. The summed E-state index contributed by atoms with van der Waals surface area (Å²) in [6.45, 7) is 6.76. The van der Waals surface area contributed by atoms with Gasteiger partial charge in [0.15, 0.2) is 0 Å². The Balaban J connectivity index is 1.84. The molecule has 0 fully saturated rings. The van der Waals surface area contributed by atoms with E-state index in [-0.39, 0.29) is 22.2 Å². The summed E-state index contributed by atoms with van der Waals surface area (Å²) in [7, 11) is 0.0308. The van der Waals surface area contributed by atoms with Crippen molar-refractivity contribution < 1.29 is 23.1 Å². The Morgan fingerprint density at radius 1 is 1.20 bits per heavy atom. The van der Waals surface area contributed by atoms with Crippen molar-refractivity contribution in [1.82, 2.24) is 19.9 Å². The largest absolute Gasteiger partial charge is 0.469 e. The molecular weight excluding hydrogens is 468 g/mol. The first-order valence-electron chi connectivity index (χ1n) is 11.9. The summed E-state index contributed by atoms with van der Waals surface area (Å²) in [5.74, 6) is -0.141. The summed E-state index contributed by atoms with van der Waals surface area (Å²) in [5.41, 5.74) is 0.493. The standard InChI is InChI=1S/C25H36N4O5S/c1-6-17-9-11-19(12-10-17)35(32,33)28-21-20-15-18(23(31)26-13-7-8-14-29(4)5)16-27-24(20)34-25(2,3)22(21)30/h9-12,15-16,21-22,28,30H,6-8,13-14H2,1-5H3,(H,26,31)/t21-,22+/m1/s1. The highest BCUT2D eigenvalue weighted by Crippen LogP contribution is 2.39. The number of rotatable bonds is 10. The van der Waals surface area contributed by atoms with Crippen LogP contribution in [0.4, 0.5) is 0 Å². The minimum absolute atomic E-state index is 0.0901. The Bertz CT molecular complexity index is 1130. The van der Waals surface area contributed by atoms with Crippen LogP contribution in [0.5, 0.6) is 5.88 Å². The number of aliphatic hydroxyl groups is 1. The molecule has 2 aromatic rings. The van der Waals surface area contributed by atoms with Crippen LogP contribution in [0.3, 0.4) is 0 Å². The molecule has 0 bridgehead atoms. The van der Waals surface area contributed by atoms with E-state index in [9.17, 15) is 18.3 Å². The van der Waals surface area contributed by atoms with E-state index < -0.39 is 27.8 Å². The van der Waals surface area contributed by atoms with Gasteiger partial charge in [-0.3, -0.25) is 4.79 Å². The molecule has 3 N–H and O–H groups in total. The molecule has 1 aromatic carbocycles. The summed E-state index contributed by atoms with van der Waals surface area (Å²) < 4.78 is 34.8. The van der Waals surface area contributed by atoms with Crippen LogP contribution >= 0.6 is 0 Å². The second-order valence-corrected chi connectivity index (χ2v) is 11.3. The molecule has 0 radical (unpaired) electrons. The Morgan fingerprint density at radius 3 is 2.51 bits per heavy atom. The van der Waals surface area contributed by atoms with Crippen molar-refractivity contribution in [2.75, 3.05) is 27.2 Å². The number of benzene rings is 1. The third-order valence-electron chi connectivity index (χ3n) is 6.11. The lowest BCUT2D eigenvalue weighted by atomic mass is 9.88. The predicted octanol–water partition coefficient (Wildman–Crippen LogP) is 2.27. The minimum atomic E-state index is -3.97. The fourth-order valence-corrected chi connectivity index (χ4v) is 5.13. The summed E-state index contributed by atoms with van der Waals surface area (Å²) in [6.07, 6.45) is 2.76. The van der Waals surface area contributed by atoms with Gasteiger partial charge >= 0.3 is 0 Å². The quantitative estimate of drug-likeness (QED) is 0.425. The second kappa shape index (κ2) is 11.0. The first-order valence-corrected chi connectivity index (χ1v) is 13.3. The molecule has 10 heteroatoms. The Labute approximate surface area is 208 Å². The third kappa shape index (κ3) is 6.58. The Morgan fingerprint density at radius 2 is 1.89 bits per heavy atom. The van der Waals surface area contributed by atoms with Crippen molar-refractivity contribution in [2.45, 2.75) is 62.7 Å². The molecule has 1 aliphatic rings. The highest BCUT2D eigenvalue weighted by Gasteiger charge is 2.45. The normalized spacial score (nSPS) is 19.2. The topological polar surface area (TPSA) is 121 Å². The molecule has 192 valence electrons. The van der Waals surface area contributed by atoms with Crippen molar-refractivity contribution >= 4 is 15.9 Å². The van der Waals surface area contributed by atoms with Crippen molar-refractivity contribution in [2.24, 2.45) is 0 Å². The van der Waals surface area contributed by atoms with Gasteiger partial charge in [-0.2, -0.15) is 0 Å². The number of pyridine rings is 1. The fourth-order valence-electron chi connectivity index (χ4n) is 3.91. The van der Waals surface area contributed by atoms with Crippen molar-refractivity contribution in [1.29, 1.82) is 0 Å². The van der Waals surface area contributed by atoms with Gasteiger partial charge in [-0.15, -0.1) is 0 Å². The van der Waals surface area contributed by atoms with E-state index in [0.29, 0.717) is 12.1 Å². The summed E-state index contributed by atoms with van der Waals surface area (Å²) in [4.78, 5) is 19.2. The molecule has 1 aromatic heterocycles. The van der Waals surface area contributed by atoms with Crippen LogP contribution in [0.2, 0.25) is 0 Å². The number of nitrogens with zero attached hydrogens (tertiary/aromatic N) is 2. The molecule has 9 nitrogen and oxygen atoms in total. The number of ether oxygens (including phenoxy) is 1. The van der Waals surface area contributed by atoms with Gasteiger partial charge in [-0.05, 0) is 77.5 Å². The maximum atomic E-state index is 13.2. The van der Waals surface area contributed by atoms with Gasteiger partial charge < -0.3 is 20.1 Å². The number of carbonyl (C=O) groups is 1. The molecule has 0 spiro atoms.